The molecule has 7 nitrogen and oxygen atoms in total. The van der Waals surface area contributed by atoms with Crippen LogP contribution in [0.4, 0.5) is 5.82 Å². The van der Waals surface area contributed by atoms with Crippen LogP contribution in [0.2, 0.25) is 0 Å². The van der Waals surface area contributed by atoms with E-state index in [9.17, 15) is 9.59 Å². The Bertz CT molecular complexity index is 1070. The fourth-order valence-corrected chi connectivity index (χ4v) is 3.83. The highest BCUT2D eigenvalue weighted by Crippen LogP contribution is 2.25. The largest absolute Gasteiger partial charge is 0.310 e. The molecule has 0 radical (unpaired) electrons. The summed E-state index contributed by atoms with van der Waals surface area (Å²) in [6.45, 7) is 6.52. The summed E-state index contributed by atoms with van der Waals surface area (Å²) in [5.41, 5.74) is 2.29. The molecule has 1 aliphatic heterocycles. The predicted octanol–water partition coefficient (Wildman–Crippen LogP) is 3.82. The minimum absolute atomic E-state index is 0.0974. The first-order valence-electron chi connectivity index (χ1n) is 10.5. The average Bonchev–Trinajstić information content (AvgIpc) is 3.41. The number of hydrogen-bond acceptors (Lipinski definition) is 5. The molecule has 1 amide bonds. The minimum atomic E-state index is -0.255. The van der Waals surface area contributed by atoms with E-state index in [1.165, 1.54) is 24.4 Å². The van der Waals surface area contributed by atoms with Crippen LogP contribution in [-0.2, 0) is 4.79 Å². The maximum atomic E-state index is 12.7. The van der Waals surface area contributed by atoms with Gasteiger partial charge in [-0.3, -0.25) is 14.6 Å². The first kappa shape index (κ1) is 20.2. The number of fused-ring (bicyclic) bond motifs is 1. The van der Waals surface area contributed by atoms with Gasteiger partial charge >= 0.3 is 0 Å². The molecule has 1 unspecified atom stereocenters. The van der Waals surface area contributed by atoms with Crippen LogP contribution in [-0.4, -0.2) is 51.1 Å². The van der Waals surface area contributed by atoms with E-state index in [4.69, 9.17) is 0 Å². The second kappa shape index (κ2) is 8.75. The summed E-state index contributed by atoms with van der Waals surface area (Å²) in [5.74, 6) is -0.106. The number of nitrogens with zero attached hydrogens (tertiary/aromatic N) is 4. The number of nitrogens with one attached hydrogen (secondary N) is 1. The lowest BCUT2D eigenvalue weighted by Gasteiger charge is -2.17. The van der Waals surface area contributed by atoms with Crippen molar-refractivity contribution in [3.05, 3.63) is 42.6 Å². The Morgan fingerprint density at radius 1 is 1.17 bits per heavy atom. The fourth-order valence-electron chi connectivity index (χ4n) is 3.83. The molecule has 1 N–H and O–H groups in total. The monoisotopic (exact) mass is 405 g/mol. The molecule has 4 rings (SSSR count). The van der Waals surface area contributed by atoms with Crippen molar-refractivity contribution < 1.29 is 9.59 Å². The molecule has 3 aromatic rings. The zero-order valence-electron chi connectivity index (χ0n) is 17.5. The van der Waals surface area contributed by atoms with Crippen LogP contribution < -0.4 is 5.32 Å². The van der Waals surface area contributed by atoms with Crippen LogP contribution in [0, 0.1) is 5.92 Å². The second-order valence-electron chi connectivity index (χ2n) is 7.99. The number of carbonyl (C=O) groups is 2. The summed E-state index contributed by atoms with van der Waals surface area (Å²) >= 11 is 0. The van der Waals surface area contributed by atoms with Gasteiger partial charge in [0.15, 0.2) is 0 Å². The lowest BCUT2D eigenvalue weighted by Crippen LogP contribution is -2.28. The molecule has 0 bridgehead atoms. The van der Waals surface area contributed by atoms with Gasteiger partial charge in [0, 0.05) is 36.1 Å². The van der Waals surface area contributed by atoms with Gasteiger partial charge in [0.1, 0.15) is 5.82 Å². The van der Waals surface area contributed by atoms with Crippen molar-refractivity contribution in [1.82, 2.24) is 19.7 Å². The fraction of sp³-hybridized carbons (Fsp3) is 0.391. The van der Waals surface area contributed by atoms with Gasteiger partial charge in [0.2, 0.25) is 11.8 Å². The van der Waals surface area contributed by atoms with E-state index in [-0.39, 0.29) is 17.7 Å². The van der Waals surface area contributed by atoms with Gasteiger partial charge in [-0.2, -0.15) is 9.78 Å². The summed E-state index contributed by atoms with van der Waals surface area (Å²) < 4.78 is 1.25. The van der Waals surface area contributed by atoms with Gasteiger partial charge in [-0.1, -0.05) is 25.1 Å². The van der Waals surface area contributed by atoms with Crippen molar-refractivity contribution >= 4 is 28.5 Å². The lowest BCUT2D eigenvalue weighted by atomic mass is 10.1. The topological polar surface area (TPSA) is 80.1 Å². The number of aromatic nitrogens is 3. The number of hydrogen-bond donors (Lipinski definition) is 1. The Labute approximate surface area is 176 Å². The van der Waals surface area contributed by atoms with Crippen LogP contribution in [0.25, 0.3) is 22.2 Å². The highest BCUT2D eigenvalue weighted by molar-refractivity contribution is 5.94. The third kappa shape index (κ3) is 4.41. The lowest BCUT2D eigenvalue weighted by molar-refractivity contribution is -0.119. The Morgan fingerprint density at radius 3 is 2.70 bits per heavy atom. The first-order valence-corrected chi connectivity index (χ1v) is 10.5. The van der Waals surface area contributed by atoms with Gasteiger partial charge in [-0.15, -0.1) is 0 Å². The highest BCUT2D eigenvalue weighted by Gasteiger charge is 2.20. The number of anilines is 1. The Kier molecular flexibility index (Phi) is 5.90. The number of carbonyl (C=O) groups excluding carboxylic acids is 2. The third-order valence-corrected chi connectivity index (χ3v) is 5.67. The molecule has 1 fully saturated rings. The molecule has 1 atom stereocenters. The Hall–Kier alpha value is -3.06. The molecule has 0 saturated carbocycles. The molecular formula is C23H27N5O2. The Morgan fingerprint density at radius 2 is 1.93 bits per heavy atom. The van der Waals surface area contributed by atoms with Crippen molar-refractivity contribution in [2.45, 2.75) is 33.1 Å². The van der Waals surface area contributed by atoms with Crippen molar-refractivity contribution in [1.29, 1.82) is 0 Å². The van der Waals surface area contributed by atoms with Crippen molar-refractivity contribution in [3.63, 3.8) is 0 Å². The Balaban J connectivity index is 1.51. The van der Waals surface area contributed by atoms with E-state index in [1.807, 2.05) is 37.3 Å². The van der Waals surface area contributed by atoms with Crippen LogP contribution in [0.3, 0.4) is 0 Å². The molecule has 1 aromatic carbocycles. The summed E-state index contributed by atoms with van der Waals surface area (Å²) in [5, 5.41) is 8.30. The van der Waals surface area contributed by atoms with Crippen molar-refractivity contribution in [2.24, 2.45) is 5.92 Å². The summed E-state index contributed by atoms with van der Waals surface area (Å²) in [6.07, 6.45) is 5.01. The van der Waals surface area contributed by atoms with E-state index in [2.05, 4.69) is 20.3 Å². The zero-order chi connectivity index (χ0) is 21.1. The second-order valence-corrected chi connectivity index (χ2v) is 7.99. The molecule has 7 heteroatoms. The highest BCUT2D eigenvalue weighted by atomic mass is 16.2. The molecule has 2 aromatic heterocycles. The van der Waals surface area contributed by atoms with E-state index in [0.29, 0.717) is 11.5 Å². The maximum Gasteiger partial charge on any atom is 0.245 e. The molecule has 1 aliphatic rings. The van der Waals surface area contributed by atoms with Crippen LogP contribution >= 0.6 is 0 Å². The number of amides is 1. The SMILES string of the molecule is CC(=O)n1nc(-c2cnc3ccccc3c2)cc1NC(=O)C(C)CCN1CCCC1. The number of pyridine rings is 1. The number of para-hydroxylation sites is 1. The number of rotatable bonds is 6. The van der Waals surface area contributed by atoms with Crippen LogP contribution in [0.5, 0.6) is 0 Å². The predicted molar refractivity (Wildman–Crippen MR) is 117 cm³/mol. The first-order chi connectivity index (χ1) is 14.5. The quantitative estimate of drug-likeness (QED) is 0.674. The van der Waals surface area contributed by atoms with Crippen LogP contribution in [0.15, 0.2) is 42.6 Å². The van der Waals surface area contributed by atoms with Gasteiger partial charge in [0.05, 0.1) is 11.2 Å². The van der Waals surface area contributed by atoms with E-state index < -0.39 is 0 Å². The molecular weight excluding hydrogens is 378 g/mol. The molecule has 1 saturated heterocycles. The van der Waals surface area contributed by atoms with Gasteiger partial charge in [0.25, 0.3) is 0 Å². The molecule has 0 spiro atoms. The van der Waals surface area contributed by atoms with Gasteiger partial charge in [-0.05, 0) is 51.0 Å². The number of likely N-dealkylation sites (tertiary alicyclic amines) is 1. The standard InChI is InChI=1S/C23H27N5O2/c1-16(9-12-27-10-5-6-11-27)23(30)25-22-14-21(26-28(22)17(2)29)19-13-18-7-3-4-8-20(18)24-15-19/h3-4,7-8,13-16H,5-6,9-12H2,1-2H3,(H,25,30). The maximum absolute atomic E-state index is 12.7. The van der Waals surface area contributed by atoms with E-state index in [0.717, 1.165) is 42.5 Å². The van der Waals surface area contributed by atoms with Crippen LogP contribution in [0.1, 0.15) is 37.9 Å². The summed E-state index contributed by atoms with van der Waals surface area (Å²) in [6, 6.07) is 11.5. The zero-order valence-corrected chi connectivity index (χ0v) is 17.5. The van der Waals surface area contributed by atoms with Gasteiger partial charge < -0.3 is 10.2 Å². The van der Waals surface area contributed by atoms with Gasteiger partial charge in [-0.25, -0.2) is 0 Å². The average molecular weight is 406 g/mol. The molecule has 3 heterocycles. The van der Waals surface area contributed by atoms with E-state index >= 15 is 0 Å². The normalized spacial score (nSPS) is 15.4. The van der Waals surface area contributed by atoms with Crippen molar-refractivity contribution in [3.8, 4) is 11.3 Å². The summed E-state index contributed by atoms with van der Waals surface area (Å²) in [4.78, 5) is 31.7. The smallest absolute Gasteiger partial charge is 0.245 e. The van der Waals surface area contributed by atoms with E-state index in [1.54, 1.807) is 12.3 Å². The molecule has 0 aliphatic carbocycles. The number of benzene rings is 1. The summed E-state index contributed by atoms with van der Waals surface area (Å²) in [7, 11) is 0. The van der Waals surface area contributed by atoms with Crippen molar-refractivity contribution in [2.75, 3.05) is 25.0 Å². The molecule has 30 heavy (non-hydrogen) atoms. The third-order valence-electron chi connectivity index (χ3n) is 5.67. The minimum Gasteiger partial charge on any atom is -0.310 e. The molecule has 156 valence electrons.